The third-order valence-corrected chi connectivity index (χ3v) is 4.51. The SMILES string of the molecule is CCCn1nc(C(=O)N[C@@]2(C(=O)O)CCSC2)ccc1=O. The maximum absolute atomic E-state index is 12.2. The highest BCUT2D eigenvalue weighted by Crippen LogP contribution is 2.28. The molecule has 7 nitrogen and oxygen atoms in total. The van der Waals surface area contributed by atoms with Gasteiger partial charge in [-0.25, -0.2) is 9.48 Å². The molecule has 1 aromatic rings. The van der Waals surface area contributed by atoms with Crippen LogP contribution in [0.15, 0.2) is 16.9 Å². The number of aliphatic carboxylic acids is 1. The van der Waals surface area contributed by atoms with Gasteiger partial charge in [-0.2, -0.15) is 16.9 Å². The summed E-state index contributed by atoms with van der Waals surface area (Å²) in [6, 6.07) is 2.59. The summed E-state index contributed by atoms with van der Waals surface area (Å²) >= 11 is 1.49. The van der Waals surface area contributed by atoms with Crippen LogP contribution in [0.5, 0.6) is 0 Å². The first-order chi connectivity index (χ1) is 9.98. The summed E-state index contributed by atoms with van der Waals surface area (Å²) in [6.45, 7) is 2.32. The van der Waals surface area contributed by atoms with Gasteiger partial charge in [-0.05, 0) is 24.7 Å². The summed E-state index contributed by atoms with van der Waals surface area (Å²) in [5.74, 6) is -0.578. The lowest BCUT2D eigenvalue weighted by molar-refractivity contribution is -0.143. The van der Waals surface area contributed by atoms with E-state index in [1.54, 1.807) is 0 Å². The van der Waals surface area contributed by atoms with Crippen molar-refractivity contribution in [1.82, 2.24) is 15.1 Å². The van der Waals surface area contributed by atoms with Crippen molar-refractivity contribution in [3.8, 4) is 0 Å². The van der Waals surface area contributed by atoms with Gasteiger partial charge in [0.15, 0.2) is 0 Å². The van der Waals surface area contributed by atoms with Crippen molar-refractivity contribution in [3.63, 3.8) is 0 Å². The molecule has 8 heteroatoms. The van der Waals surface area contributed by atoms with Gasteiger partial charge in [0.25, 0.3) is 11.5 Å². The number of nitrogens with zero attached hydrogens (tertiary/aromatic N) is 2. The molecular weight excluding hydrogens is 294 g/mol. The van der Waals surface area contributed by atoms with E-state index in [0.717, 1.165) is 0 Å². The molecule has 0 bridgehead atoms. The van der Waals surface area contributed by atoms with E-state index in [1.807, 2.05) is 6.92 Å². The van der Waals surface area contributed by atoms with Crippen LogP contribution < -0.4 is 10.9 Å². The van der Waals surface area contributed by atoms with Crippen molar-refractivity contribution in [1.29, 1.82) is 0 Å². The normalized spacial score (nSPS) is 21.2. The van der Waals surface area contributed by atoms with Crippen LogP contribution in [0, 0.1) is 0 Å². The van der Waals surface area contributed by atoms with Gasteiger partial charge in [-0.15, -0.1) is 0 Å². The lowest BCUT2D eigenvalue weighted by Crippen LogP contribution is -2.55. The van der Waals surface area contributed by atoms with E-state index in [-0.39, 0.29) is 11.3 Å². The minimum absolute atomic E-state index is 0.0561. The molecule has 21 heavy (non-hydrogen) atoms. The summed E-state index contributed by atoms with van der Waals surface area (Å²) in [4.78, 5) is 35.2. The van der Waals surface area contributed by atoms with Crippen LogP contribution in [-0.4, -0.2) is 43.8 Å². The molecule has 1 fully saturated rings. The number of aryl methyl sites for hydroxylation is 1. The summed E-state index contributed by atoms with van der Waals surface area (Å²) in [6.07, 6.45) is 1.10. The molecule has 2 N–H and O–H groups in total. The van der Waals surface area contributed by atoms with Crippen molar-refractivity contribution in [2.75, 3.05) is 11.5 Å². The number of carbonyl (C=O) groups excluding carboxylic acids is 1. The molecule has 0 saturated carbocycles. The van der Waals surface area contributed by atoms with Gasteiger partial charge < -0.3 is 10.4 Å². The Morgan fingerprint density at radius 3 is 2.86 bits per heavy atom. The van der Waals surface area contributed by atoms with Crippen LogP contribution in [-0.2, 0) is 11.3 Å². The number of rotatable bonds is 5. The number of carboxylic acids is 1. The number of aromatic nitrogens is 2. The van der Waals surface area contributed by atoms with Crippen LogP contribution in [0.1, 0.15) is 30.3 Å². The first-order valence-corrected chi connectivity index (χ1v) is 7.86. The highest BCUT2D eigenvalue weighted by molar-refractivity contribution is 7.99. The second-order valence-electron chi connectivity index (χ2n) is 4.92. The highest BCUT2D eigenvalue weighted by Gasteiger charge is 2.43. The summed E-state index contributed by atoms with van der Waals surface area (Å²) in [5.41, 5.74) is -1.46. The number of hydrogen-bond acceptors (Lipinski definition) is 5. The molecule has 1 amide bonds. The molecule has 2 heterocycles. The molecule has 1 saturated heterocycles. The largest absolute Gasteiger partial charge is 0.479 e. The minimum Gasteiger partial charge on any atom is -0.479 e. The number of nitrogens with one attached hydrogen (secondary N) is 1. The zero-order chi connectivity index (χ0) is 15.5. The summed E-state index contributed by atoms with van der Waals surface area (Å²) < 4.78 is 1.21. The van der Waals surface area contributed by atoms with E-state index < -0.39 is 17.4 Å². The Hall–Kier alpha value is -1.83. The maximum Gasteiger partial charge on any atom is 0.330 e. The predicted molar refractivity (Wildman–Crippen MR) is 78.6 cm³/mol. The van der Waals surface area contributed by atoms with Gasteiger partial charge in [-0.3, -0.25) is 9.59 Å². The Morgan fingerprint density at radius 2 is 2.29 bits per heavy atom. The third kappa shape index (κ3) is 3.26. The first-order valence-electron chi connectivity index (χ1n) is 6.70. The second-order valence-corrected chi connectivity index (χ2v) is 6.03. The van der Waals surface area contributed by atoms with Gasteiger partial charge in [0.2, 0.25) is 0 Å². The molecule has 0 spiro atoms. The van der Waals surface area contributed by atoms with E-state index in [9.17, 15) is 19.5 Å². The molecule has 0 aliphatic carbocycles. The van der Waals surface area contributed by atoms with Gasteiger partial charge in [0, 0.05) is 18.4 Å². The maximum atomic E-state index is 12.2. The Bertz CT molecular complexity index is 608. The molecule has 2 rings (SSSR count). The summed E-state index contributed by atoms with van der Waals surface area (Å²) in [7, 11) is 0. The Balaban J connectivity index is 2.22. The van der Waals surface area contributed by atoms with E-state index in [4.69, 9.17) is 0 Å². The van der Waals surface area contributed by atoms with Crippen LogP contribution in [0.3, 0.4) is 0 Å². The summed E-state index contributed by atoms with van der Waals surface area (Å²) in [5, 5.41) is 15.9. The molecule has 1 aromatic heterocycles. The number of amides is 1. The Labute approximate surface area is 125 Å². The smallest absolute Gasteiger partial charge is 0.330 e. The van der Waals surface area contributed by atoms with E-state index >= 15 is 0 Å². The number of hydrogen-bond donors (Lipinski definition) is 2. The van der Waals surface area contributed by atoms with Crippen molar-refractivity contribution >= 4 is 23.6 Å². The monoisotopic (exact) mass is 311 g/mol. The van der Waals surface area contributed by atoms with Gasteiger partial charge in [0.05, 0.1) is 0 Å². The fourth-order valence-corrected chi connectivity index (χ4v) is 3.43. The molecule has 1 aliphatic heterocycles. The molecule has 1 aliphatic rings. The predicted octanol–water partition coefficient (Wildman–Crippen LogP) is 0.343. The number of carboxylic acid groups (broad SMARTS) is 1. The van der Waals surface area contributed by atoms with Crippen LogP contribution in [0.25, 0.3) is 0 Å². The fraction of sp³-hybridized carbons (Fsp3) is 0.538. The first kappa shape index (κ1) is 15.6. The fourth-order valence-electron chi connectivity index (χ4n) is 2.11. The topological polar surface area (TPSA) is 101 Å². The zero-order valence-electron chi connectivity index (χ0n) is 11.7. The van der Waals surface area contributed by atoms with Crippen molar-refractivity contribution in [2.45, 2.75) is 31.8 Å². The third-order valence-electron chi connectivity index (χ3n) is 3.32. The molecule has 0 unspecified atom stereocenters. The van der Waals surface area contributed by atoms with Crippen molar-refractivity contribution in [3.05, 3.63) is 28.2 Å². The average molecular weight is 311 g/mol. The number of thioether (sulfide) groups is 1. The Morgan fingerprint density at radius 1 is 1.52 bits per heavy atom. The molecule has 1 atom stereocenters. The quantitative estimate of drug-likeness (QED) is 0.813. The Kier molecular flexibility index (Phi) is 4.66. The standard InChI is InChI=1S/C13H17N3O4S/c1-2-6-16-10(17)4-3-9(15-16)11(18)14-13(12(19)20)5-7-21-8-13/h3-4H,2,5-8H2,1H3,(H,14,18)(H,19,20)/t13-/m0/s1. The molecular formula is C13H17N3O4S. The van der Waals surface area contributed by atoms with Crippen LogP contribution in [0.4, 0.5) is 0 Å². The van der Waals surface area contributed by atoms with E-state index in [1.165, 1.54) is 28.6 Å². The lowest BCUT2D eigenvalue weighted by atomic mass is 9.99. The molecule has 114 valence electrons. The zero-order valence-corrected chi connectivity index (χ0v) is 12.5. The lowest BCUT2D eigenvalue weighted by Gasteiger charge is -2.24. The van der Waals surface area contributed by atoms with Gasteiger partial charge in [0.1, 0.15) is 11.2 Å². The number of carbonyl (C=O) groups is 2. The minimum atomic E-state index is -1.24. The van der Waals surface area contributed by atoms with E-state index in [0.29, 0.717) is 30.9 Å². The molecule has 0 aromatic carbocycles. The van der Waals surface area contributed by atoms with Gasteiger partial charge in [-0.1, -0.05) is 6.92 Å². The second kappa shape index (κ2) is 6.30. The van der Waals surface area contributed by atoms with Crippen LogP contribution in [0.2, 0.25) is 0 Å². The van der Waals surface area contributed by atoms with E-state index in [2.05, 4.69) is 10.4 Å². The van der Waals surface area contributed by atoms with Gasteiger partial charge >= 0.3 is 5.97 Å². The van der Waals surface area contributed by atoms with Crippen LogP contribution >= 0.6 is 11.8 Å². The van der Waals surface area contributed by atoms with Crippen molar-refractivity contribution < 1.29 is 14.7 Å². The highest BCUT2D eigenvalue weighted by atomic mass is 32.2. The van der Waals surface area contributed by atoms with Crippen molar-refractivity contribution in [2.24, 2.45) is 0 Å². The molecule has 0 radical (unpaired) electrons. The average Bonchev–Trinajstić information content (AvgIpc) is 2.91.